The number of hydrogen-bond donors (Lipinski definition) is 4. The Labute approximate surface area is 218 Å². The number of pyridine rings is 1. The number of anilines is 3. The minimum Gasteiger partial charge on any atom is -0.494 e. The first kappa shape index (κ1) is 22.2. The molecule has 2 amide bonds. The topological polar surface area (TPSA) is 169 Å². The standard InChI is InChI=1S/C23H28N8O5S/c1-24-23(33)16-12-25-20(29-22(32)14-7-8-14)11-18(16)28-17-6-4-5-15(21(17)36-2)19-13-26-31(30-19)10-9-27-37(3,34)35/h4-6,11-14,27H,7-10H2,1-3H3,(H,24,33)(H2,25,28,29,32)/i1D3. The van der Waals surface area contributed by atoms with Gasteiger partial charge in [0.25, 0.3) is 5.91 Å². The summed E-state index contributed by atoms with van der Waals surface area (Å²) in [5.41, 5.74) is 1.49. The Morgan fingerprint density at radius 2 is 2.05 bits per heavy atom. The number of nitrogens with zero attached hydrogens (tertiary/aromatic N) is 4. The van der Waals surface area contributed by atoms with E-state index >= 15 is 0 Å². The van der Waals surface area contributed by atoms with Crippen LogP contribution < -0.4 is 25.4 Å². The van der Waals surface area contributed by atoms with Crippen LogP contribution in [0.25, 0.3) is 11.3 Å². The van der Waals surface area contributed by atoms with Crippen molar-refractivity contribution < 1.29 is 26.9 Å². The Balaban J connectivity index is 1.64. The number of para-hydroxylation sites is 1. The van der Waals surface area contributed by atoms with Crippen molar-refractivity contribution >= 4 is 39.0 Å². The van der Waals surface area contributed by atoms with E-state index in [0.717, 1.165) is 19.1 Å². The molecule has 0 atom stereocenters. The minimum atomic E-state index is -3.35. The van der Waals surface area contributed by atoms with Crippen molar-refractivity contribution in [3.63, 3.8) is 0 Å². The van der Waals surface area contributed by atoms with Crippen LogP contribution in [0, 0.1) is 5.92 Å². The van der Waals surface area contributed by atoms with Gasteiger partial charge in [-0.15, -0.1) is 0 Å². The van der Waals surface area contributed by atoms with Crippen LogP contribution in [-0.2, 0) is 21.4 Å². The Bertz CT molecular complexity index is 1520. The number of nitrogens with one attached hydrogen (secondary N) is 4. The van der Waals surface area contributed by atoms with Gasteiger partial charge in [0.05, 0.1) is 43.0 Å². The van der Waals surface area contributed by atoms with Crippen LogP contribution in [0.5, 0.6) is 5.75 Å². The average molecular weight is 532 g/mol. The van der Waals surface area contributed by atoms with Crippen molar-refractivity contribution in [1.29, 1.82) is 0 Å². The summed E-state index contributed by atoms with van der Waals surface area (Å²) in [6.45, 7) is -2.43. The molecule has 13 nitrogen and oxygen atoms in total. The highest BCUT2D eigenvalue weighted by Crippen LogP contribution is 2.38. The number of sulfonamides is 1. The third kappa shape index (κ3) is 6.59. The summed E-state index contributed by atoms with van der Waals surface area (Å²) in [4.78, 5) is 30.5. The molecule has 0 bridgehead atoms. The molecule has 1 saturated carbocycles. The van der Waals surface area contributed by atoms with Crippen LogP contribution in [0.3, 0.4) is 0 Å². The van der Waals surface area contributed by atoms with E-state index in [-0.39, 0.29) is 42.0 Å². The van der Waals surface area contributed by atoms with Crippen LogP contribution in [-0.4, -0.2) is 67.1 Å². The summed E-state index contributed by atoms with van der Waals surface area (Å²) >= 11 is 0. The molecule has 0 spiro atoms. The number of amides is 2. The van der Waals surface area contributed by atoms with Crippen molar-refractivity contribution in [2.45, 2.75) is 19.4 Å². The molecule has 0 saturated heterocycles. The lowest BCUT2D eigenvalue weighted by atomic mass is 10.1. The molecule has 1 fully saturated rings. The third-order valence-corrected chi connectivity index (χ3v) is 6.17. The Kier molecular flexibility index (Phi) is 6.55. The number of aromatic nitrogens is 4. The molecular weight excluding hydrogens is 500 g/mol. The number of benzene rings is 1. The first-order chi connectivity index (χ1) is 18.8. The Hall–Kier alpha value is -4.04. The molecule has 0 unspecified atom stereocenters. The maximum absolute atomic E-state index is 12.8. The number of methoxy groups -OCH3 is 1. The fraction of sp³-hybridized carbons (Fsp3) is 0.348. The molecule has 37 heavy (non-hydrogen) atoms. The monoisotopic (exact) mass is 531 g/mol. The summed E-state index contributed by atoms with van der Waals surface area (Å²) in [6, 6.07) is 6.57. The second-order valence-corrected chi connectivity index (χ2v) is 10.2. The van der Waals surface area contributed by atoms with Gasteiger partial charge in [0.2, 0.25) is 15.9 Å². The van der Waals surface area contributed by atoms with E-state index in [9.17, 15) is 18.0 Å². The van der Waals surface area contributed by atoms with E-state index in [1.165, 1.54) is 30.4 Å². The number of rotatable bonds is 11. The molecule has 2 heterocycles. The molecule has 4 N–H and O–H groups in total. The molecule has 0 aliphatic heterocycles. The molecule has 196 valence electrons. The highest BCUT2D eigenvalue weighted by Gasteiger charge is 2.30. The zero-order chi connectivity index (χ0) is 29.1. The zero-order valence-electron chi connectivity index (χ0n) is 23.1. The minimum absolute atomic E-state index is 0.0719. The fourth-order valence-electron chi connectivity index (χ4n) is 3.51. The Morgan fingerprint density at radius 3 is 2.76 bits per heavy atom. The summed E-state index contributed by atoms with van der Waals surface area (Å²) in [7, 11) is -1.91. The fourth-order valence-corrected chi connectivity index (χ4v) is 3.97. The lowest BCUT2D eigenvalue weighted by Gasteiger charge is -2.17. The molecule has 2 aromatic heterocycles. The average Bonchev–Trinajstić information content (AvgIpc) is 3.61. The number of ether oxygens (including phenoxy) is 1. The van der Waals surface area contributed by atoms with Gasteiger partial charge in [-0.2, -0.15) is 15.0 Å². The van der Waals surface area contributed by atoms with E-state index in [4.69, 9.17) is 8.85 Å². The van der Waals surface area contributed by atoms with Gasteiger partial charge in [-0.1, -0.05) is 6.07 Å². The summed E-state index contributed by atoms with van der Waals surface area (Å²) in [5, 5.41) is 16.3. The van der Waals surface area contributed by atoms with E-state index in [1.54, 1.807) is 18.2 Å². The third-order valence-electron chi connectivity index (χ3n) is 5.44. The molecule has 14 heteroatoms. The van der Waals surface area contributed by atoms with Crippen LogP contribution >= 0.6 is 0 Å². The predicted molar refractivity (Wildman–Crippen MR) is 137 cm³/mol. The van der Waals surface area contributed by atoms with E-state index in [1.807, 2.05) is 5.32 Å². The maximum atomic E-state index is 12.8. The molecule has 1 aromatic carbocycles. The van der Waals surface area contributed by atoms with Gasteiger partial charge in [-0.05, 0) is 25.0 Å². The first-order valence-corrected chi connectivity index (χ1v) is 13.1. The molecule has 1 aliphatic rings. The molecule has 1 aliphatic carbocycles. The van der Waals surface area contributed by atoms with Gasteiger partial charge in [-0.3, -0.25) is 9.59 Å². The number of hydrogen-bond acceptors (Lipinski definition) is 9. The van der Waals surface area contributed by atoms with Gasteiger partial charge >= 0.3 is 0 Å². The van der Waals surface area contributed by atoms with Crippen LogP contribution in [0.1, 0.15) is 27.3 Å². The van der Waals surface area contributed by atoms with Crippen molar-refractivity contribution in [2.75, 3.05) is 37.5 Å². The van der Waals surface area contributed by atoms with Gasteiger partial charge in [-0.25, -0.2) is 18.1 Å². The van der Waals surface area contributed by atoms with Gasteiger partial charge in [0.15, 0.2) is 5.75 Å². The molecule has 4 rings (SSSR count). The Morgan fingerprint density at radius 1 is 1.24 bits per heavy atom. The van der Waals surface area contributed by atoms with Crippen molar-refractivity contribution in [1.82, 2.24) is 30.0 Å². The van der Waals surface area contributed by atoms with Crippen molar-refractivity contribution in [3.05, 3.63) is 42.2 Å². The predicted octanol–water partition coefficient (Wildman–Crippen LogP) is 1.35. The van der Waals surface area contributed by atoms with E-state index in [0.29, 0.717) is 22.7 Å². The largest absolute Gasteiger partial charge is 0.494 e. The lowest BCUT2D eigenvalue weighted by Crippen LogP contribution is -2.26. The van der Waals surface area contributed by atoms with Crippen LogP contribution in [0.15, 0.2) is 36.7 Å². The second kappa shape index (κ2) is 10.9. The maximum Gasteiger partial charge on any atom is 0.254 e. The molecule has 0 radical (unpaired) electrons. The summed E-state index contributed by atoms with van der Waals surface area (Å²) in [6.07, 6.45) is 5.31. The molecule has 3 aromatic rings. The quantitative estimate of drug-likeness (QED) is 0.285. The second-order valence-electron chi connectivity index (χ2n) is 8.34. The summed E-state index contributed by atoms with van der Waals surface area (Å²) < 4.78 is 52.8. The molecular formula is C23H28N8O5S. The van der Waals surface area contributed by atoms with Gasteiger partial charge < -0.3 is 20.7 Å². The van der Waals surface area contributed by atoms with Crippen molar-refractivity contribution in [3.8, 4) is 17.0 Å². The van der Waals surface area contributed by atoms with Crippen LogP contribution in [0.2, 0.25) is 0 Å². The number of carbonyl (C=O) groups is 2. The zero-order valence-corrected chi connectivity index (χ0v) is 20.9. The van der Waals surface area contributed by atoms with E-state index < -0.39 is 22.9 Å². The van der Waals surface area contributed by atoms with Crippen molar-refractivity contribution in [2.24, 2.45) is 5.92 Å². The number of carbonyl (C=O) groups excluding carboxylic acids is 2. The summed E-state index contributed by atoms with van der Waals surface area (Å²) in [5.74, 6) is -0.635. The van der Waals surface area contributed by atoms with Gasteiger partial charge in [0.1, 0.15) is 11.5 Å². The smallest absolute Gasteiger partial charge is 0.254 e. The van der Waals surface area contributed by atoms with Crippen LogP contribution in [0.4, 0.5) is 17.2 Å². The van der Waals surface area contributed by atoms with Gasteiger partial charge in [0, 0.05) is 41.4 Å². The normalized spacial score (nSPS) is 14.7. The first-order valence-electron chi connectivity index (χ1n) is 12.8. The highest BCUT2D eigenvalue weighted by atomic mass is 32.2. The highest BCUT2D eigenvalue weighted by molar-refractivity contribution is 7.88. The SMILES string of the molecule is [2H]C([2H])([2H])NC(=O)c1cnc(NC(=O)C2CC2)cc1Nc1cccc(-c2cnn(CCNS(C)(=O)=O)n2)c1OC. The van der Waals surface area contributed by atoms with E-state index in [2.05, 4.69) is 30.5 Å². The lowest BCUT2D eigenvalue weighted by molar-refractivity contribution is -0.117.